The molecule has 4 heterocycles. The first-order valence-corrected chi connectivity index (χ1v) is 9.05. The van der Waals surface area contributed by atoms with Crippen LogP contribution in [0.2, 0.25) is 0 Å². The van der Waals surface area contributed by atoms with Crippen molar-refractivity contribution in [1.29, 1.82) is 0 Å². The number of nitrogens with two attached hydrogens (primary N) is 1. The standard InChI is InChI=1S/C20H18N8O/c1-11-7-17(26-25-11)24-20-23-15(9-18-22-12(2)10-28(18)20)13-3-4-16-14(8-13)5-6-27(16)19(21)29/h3-10H,1-2H3,(H2,21,29)(H2,23,24,25,26). The number of hydrogen-bond acceptors (Lipinski definition) is 5. The maximum atomic E-state index is 11.5. The average molecular weight is 386 g/mol. The zero-order valence-corrected chi connectivity index (χ0v) is 15.8. The number of benzene rings is 1. The number of aromatic nitrogens is 6. The summed E-state index contributed by atoms with van der Waals surface area (Å²) in [6, 6.07) is 10.9. The van der Waals surface area contributed by atoms with E-state index in [-0.39, 0.29) is 0 Å². The molecular weight excluding hydrogens is 368 g/mol. The van der Waals surface area contributed by atoms with Crippen molar-refractivity contribution < 1.29 is 4.79 Å². The molecule has 0 aliphatic carbocycles. The molecule has 0 saturated carbocycles. The molecule has 0 aliphatic heterocycles. The fourth-order valence-corrected chi connectivity index (χ4v) is 3.44. The average Bonchev–Trinajstić information content (AvgIpc) is 3.38. The molecule has 144 valence electrons. The number of aryl methyl sites for hydroxylation is 2. The van der Waals surface area contributed by atoms with E-state index in [0.29, 0.717) is 11.8 Å². The van der Waals surface area contributed by atoms with E-state index in [1.165, 1.54) is 4.57 Å². The SMILES string of the molecule is Cc1cn2c(Nc3cc(C)[nH]n3)nc(-c3ccc4c(ccn4C(N)=O)c3)cc2n1. The summed E-state index contributed by atoms with van der Waals surface area (Å²) >= 11 is 0. The van der Waals surface area contributed by atoms with Crippen molar-refractivity contribution in [3.63, 3.8) is 0 Å². The molecule has 0 aliphatic rings. The third kappa shape index (κ3) is 2.89. The lowest BCUT2D eigenvalue weighted by atomic mass is 10.1. The van der Waals surface area contributed by atoms with Gasteiger partial charge in [0.1, 0.15) is 5.65 Å². The smallest absolute Gasteiger partial charge is 0.323 e. The third-order valence-electron chi connectivity index (χ3n) is 4.74. The summed E-state index contributed by atoms with van der Waals surface area (Å²) in [7, 11) is 0. The Labute approximate surface area is 165 Å². The predicted octanol–water partition coefficient (Wildman–Crippen LogP) is 3.36. The molecule has 29 heavy (non-hydrogen) atoms. The first kappa shape index (κ1) is 17.0. The van der Waals surface area contributed by atoms with Crippen molar-refractivity contribution in [3.05, 3.63) is 60.2 Å². The van der Waals surface area contributed by atoms with Crippen LogP contribution in [0.4, 0.5) is 16.6 Å². The highest BCUT2D eigenvalue weighted by Gasteiger charge is 2.13. The molecule has 0 atom stereocenters. The van der Waals surface area contributed by atoms with Crippen molar-refractivity contribution >= 4 is 34.3 Å². The van der Waals surface area contributed by atoms with Gasteiger partial charge in [-0.05, 0) is 32.0 Å². The maximum absolute atomic E-state index is 11.5. The maximum Gasteiger partial charge on any atom is 0.323 e. The van der Waals surface area contributed by atoms with Crippen LogP contribution in [0.15, 0.2) is 48.8 Å². The van der Waals surface area contributed by atoms with Gasteiger partial charge in [-0.25, -0.2) is 14.8 Å². The fraction of sp³-hybridized carbons (Fsp3) is 0.100. The van der Waals surface area contributed by atoms with Crippen molar-refractivity contribution in [2.45, 2.75) is 13.8 Å². The van der Waals surface area contributed by atoms with Crippen LogP contribution in [-0.2, 0) is 0 Å². The van der Waals surface area contributed by atoms with Crippen molar-refractivity contribution in [3.8, 4) is 11.3 Å². The lowest BCUT2D eigenvalue weighted by Crippen LogP contribution is -2.17. The van der Waals surface area contributed by atoms with Gasteiger partial charge in [0.05, 0.1) is 16.9 Å². The van der Waals surface area contributed by atoms with E-state index >= 15 is 0 Å². The van der Waals surface area contributed by atoms with Gasteiger partial charge < -0.3 is 11.1 Å². The molecule has 9 nitrogen and oxygen atoms in total. The first-order valence-electron chi connectivity index (χ1n) is 9.05. The van der Waals surface area contributed by atoms with Gasteiger partial charge in [-0.15, -0.1) is 0 Å². The number of carbonyl (C=O) groups is 1. The number of H-pyrrole nitrogens is 1. The van der Waals surface area contributed by atoms with Gasteiger partial charge in [-0.2, -0.15) is 5.10 Å². The summed E-state index contributed by atoms with van der Waals surface area (Å²) in [4.78, 5) is 20.9. The molecule has 0 bridgehead atoms. The topological polar surface area (TPSA) is 119 Å². The normalized spacial score (nSPS) is 11.4. The summed E-state index contributed by atoms with van der Waals surface area (Å²) in [5, 5.41) is 11.3. The fourth-order valence-electron chi connectivity index (χ4n) is 3.44. The lowest BCUT2D eigenvalue weighted by Gasteiger charge is -2.09. The molecule has 0 unspecified atom stereocenters. The number of imidazole rings is 1. The minimum Gasteiger partial charge on any atom is -0.351 e. The molecule has 0 saturated heterocycles. The predicted molar refractivity (Wildman–Crippen MR) is 110 cm³/mol. The van der Waals surface area contributed by atoms with E-state index in [1.807, 2.05) is 60.8 Å². The van der Waals surface area contributed by atoms with E-state index < -0.39 is 6.03 Å². The number of aromatic amines is 1. The van der Waals surface area contributed by atoms with Gasteiger partial charge >= 0.3 is 6.03 Å². The summed E-state index contributed by atoms with van der Waals surface area (Å²) < 4.78 is 3.31. The second kappa shape index (κ2) is 6.20. The number of nitrogens with zero attached hydrogens (tertiary/aromatic N) is 5. The Morgan fingerprint density at radius 3 is 2.76 bits per heavy atom. The number of primary amides is 1. The van der Waals surface area contributed by atoms with Crippen LogP contribution in [0.25, 0.3) is 27.8 Å². The number of nitrogens with one attached hydrogen (secondary N) is 2. The van der Waals surface area contributed by atoms with E-state index in [2.05, 4.69) is 20.5 Å². The summed E-state index contributed by atoms with van der Waals surface area (Å²) in [6.07, 6.45) is 3.59. The molecule has 4 N–H and O–H groups in total. The molecule has 4 aromatic heterocycles. The highest BCUT2D eigenvalue weighted by Crippen LogP contribution is 2.27. The minimum absolute atomic E-state index is 0.513. The van der Waals surface area contributed by atoms with Gasteiger partial charge in [0, 0.05) is 41.2 Å². The molecule has 0 radical (unpaired) electrons. The van der Waals surface area contributed by atoms with Crippen LogP contribution in [-0.4, -0.2) is 35.2 Å². The summed E-state index contributed by atoms with van der Waals surface area (Å²) in [6.45, 7) is 3.88. The number of amides is 1. The van der Waals surface area contributed by atoms with E-state index in [4.69, 9.17) is 10.7 Å². The molecule has 5 aromatic rings. The van der Waals surface area contributed by atoms with Crippen LogP contribution in [0, 0.1) is 13.8 Å². The Morgan fingerprint density at radius 1 is 1.14 bits per heavy atom. The quantitative estimate of drug-likeness (QED) is 0.439. The van der Waals surface area contributed by atoms with Gasteiger partial charge in [-0.3, -0.25) is 14.1 Å². The Hall–Kier alpha value is -4.14. The van der Waals surface area contributed by atoms with E-state index in [0.717, 1.165) is 39.2 Å². The Kier molecular flexibility index (Phi) is 3.63. The van der Waals surface area contributed by atoms with Crippen LogP contribution in [0.5, 0.6) is 0 Å². The Bertz CT molecular complexity index is 1390. The lowest BCUT2D eigenvalue weighted by molar-refractivity contribution is 0.251. The molecule has 5 rings (SSSR count). The highest BCUT2D eigenvalue weighted by atomic mass is 16.2. The van der Waals surface area contributed by atoms with Gasteiger partial charge in [-0.1, -0.05) is 6.07 Å². The molecular formula is C20H18N8O. The molecule has 9 heteroatoms. The molecule has 1 amide bonds. The van der Waals surface area contributed by atoms with E-state index in [1.54, 1.807) is 6.20 Å². The number of hydrogen-bond donors (Lipinski definition) is 3. The minimum atomic E-state index is -0.513. The second-order valence-electron chi connectivity index (χ2n) is 6.93. The number of anilines is 2. The second-order valence-corrected chi connectivity index (χ2v) is 6.93. The van der Waals surface area contributed by atoms with Crippen molar-refractivity contribution in [1.82, 2.24) is 29.1 Å². The van der Waals surface area contributed by atoms with Crippen LogP contribution in [0.1, 0.15) is 11.4 Å². The largest absolute Gasteiger partial charge is 0.351 e. The first-order chi connectivity index (χ1) is 14.0. The number of rotatable bonds is 3. The Balaban J connectivity index is 1.64. The van der Waals surface area contributed by atoms with Crippen LogP contribution in [0.3, 0.4) is 0 Å². The highest BCUT2D eigenvalue weighted by molar-refractivity contribution is 5.93. The van der Waals surface area contributed by atoms with Crippen molar-refractivity contribution in [2.75, 3.05) is 5.32 Å². The van der Waals surface area contributed by atoms with Crippen LogP contribution < -0.4 is 11.1 Å². The van der Waals surface area contributed by atoms with E-state index in [9.17, 15) is 4.79 Å². The molecule has 1 aromatic carbocycles. The summed E-state index contributed by atoms with van der Waals surface area (Å²) in [5.74, 6) is 1.29. The van der Waals surface area contributed by atoms with Crippen molar-refractivity contribution in [2.24, 2.45) is 5.73 Å². The Morgan fingerprint density at radius 2 is 2.00 bits per heavy atom. The number of fused-ring (bicyclic) bond motifs is 2. The van der Waals surface area contributed by atoms with Gasteiger partial charge in [0.15, 0.2) is 5.82 Å². The zero-order valence-electron chi connectivity index (χ0n) is 15.8. The molecule has 0 spiro atoms. The van der Waals surface area contributed by atoms with Gasteiger partial charge in [0.25, 0.3) is 0 Å². The van der Waals surface area contributed by atoms with Crippen LogP contribution >= 0.6 is 0 Å². The monoisotopic (exact) mass is 386 g/mol. The number of carbonyl (C=O) groups excluding carboxylic acids is 1. The summed E-state index contributed by atoms with van der Waals surface area (Å²) in [5.41, 5.74) is 10.4. The van der Waals surface area contributed by atoms with Gasteiger partial charge in [0.2, 0.25) is 5.95 Å². The molecule has 0 fully saturated rings. The zero-order chi connectivity index (χ0) is 20.1. The third-order valence-corrected chi connectivity index (χ3v) is 4.74.